The molecule has 0 atom stereocenters. The highest BCUT2D eigenvalue weighted by molar-refractivity contribution is 7.17. The summed E-state index contributed by atoms with van der Waals surface area (Å²) in [6.45, 7) is 15.9. The van der Waals surface area contributed by atoms with Crippen LogP contribution in [0.5, 0.6) is 23.0 Å². The maximum Gasteiger partial charge on any atom is 0.148 e. The molecule has 8 aromatic rings. The number of aryl methyl sites for hydroxylation is 2. The third kappa shape index (κ3) is 15.9. The van der Waals surface area contributed by atoms with Gasteiger partial charge in [-0.05, 0) is 122 Å². The molecule has 0 unspecified atom stereocenters. The Morgan fingerprint density at radius 2 is 0.679 bits per heavy atom. The number of anilines is 3. The Kier molecular flexibility index (Phi) is 22.3. The maximum atomic E-state index is 6.78. The molecule has 0 saturated heterocycles. The van der Waals surface area contributed by atoms with E-state index in [1.54, 1.807) is 11.3 Å². The van der Waals surface area contributed by atoms with E-state index >= 15 is 0 Å². The minimum absolute atomic E-state index is 0.644. The Labute approximate surface area is 471 Å². The van der Waals surface area contributed by atoms with E-state index in [-0.39, 0.29) is 0 Å². The second-order valence-electron chi connectivity index (χ2n) is 20.7. The van der Waals surface area contributed by atoms with Crippen LogP contribution in [-0.4, -0.2) is 36.6 Å². The van der Waals surface area contributed by atoms with Crippen molar-refractivity contribution in [2.75, 3.05) is 31.3 Å². The first kappa shape index (κ1) is 57.3. The number of aromatic nitrogens is 2. The van der Waals surface area contributed by atoms with Crippen LogP contribution >= 0.6 is 11.3 Å². The monoisotopic (exact) mass is 1060 g/mol. The summed E-state index contributed by atoms with van der Waals surface area (Å²) < 4.78 is 26.4. The van der Waals surface area contributed by atoms with Crippen LogP contribution in [0.25, 0.3) is 54.5 Å². The quantitative estimate of drug-likeness (QED) is 0.0389. The highest BCUT2D eigenvalue weighted by Gasteiger charge is 2.20. The molecule has 7 aromatic carbocycles. The molecule has 7 nitrogen and oxygen atoms in total. The van der Waals surface area contributed by atoms with E-state index in [0.29, 0.717) is 19.8 Å². The summed E-state index contributed by atoms with van der Waals surface area (Å²) in [4.78, 5) is 2.31. The zero-order valence-electron chi connectivity index (χ0n) is 47.5. The normalized spacial score (nSPS) is 11.2. The molecule has 8 heteroatoms. The largest absolute Gasteiger partial charge is 0.493 e. The molecule has 0 spiro atoms. The lowest BCUT2D eigenvalue weighted by Crippen LogP contribution is -2.09. The van der Waals surface area contributed by atoms with E-state index < -0.39 is 0 Å². The lowest BCUT2D eigenvalue weighted by atomic mass is 9.97. The predicted octanol–water partition coefficient (Wildman–Crippen LogP) is 20.8. The van der Waals surface area contributed by atoms with Gasteiger partial charge in [-0.25, -0.2) is 0 Å². The van der Waals surface area contributed by atoms with Crippen LogP contribution in [0.2, 0.25) is 0 Å². The summed E-state index contributed by atoms with van der Waals surface area (Å²) in [6.07, 6.45) is 18.4. The summed E-state index contributed by atoms with van der Waals surface area (Å²) in [7, 11) is 0. The van der Waals surface area contributed by atoms with Gasteiger partial charge in [0.1, 0.15) is 33.0 Å². The first-order valence-electron chi connectivity index (χ1n) is 29.3. The van der Waals surface area contributed by atoms with Crippen LogP contribution in [0.4, 0.5) is 17.1 Å². The predicted molar refractivity (Wildman–Crippen MR) is 330 cm³/mol. The highest BCUT2D eigenvalue weighted by atomic mass is 32.1. The number of para-hydroxylation sites is 1. The third-order valence-electron chi connectivity index (χ3n) is 14.4. The molecule has 0 bridgehead atoms. The van der Waals surface area contributed by atoms with E-state index in [2.05, 4.69) is 198 Å². The fraction of sp³-hybridized carbons (Fsp3) is 0.371. The number of nitrogens with zero attached hydrogens (tertiary/aromatic N) is 3. The van der Waals surface area contributed by atoms with Gasteiger partial charge in [0, 0.05) is 44.9 Å². The van der Waals surface area contributed by atoms with Gasteiger partial charge in [0.2, 0.25) is 0 Å². The van der Waals surface area contributed by atoms with Crippen molar-refractivity contribution in [1.29, 1.82) is 0 Å². The smallest absolute Gasteiger partial charge is 0.148 e. The van der Waals surface area contributed by atoms with Gasteiger partial charge >= 0.3 is 0 Å². The van der Waals surface area contributed by atoms with Crippen molar-refractivity contribution in [3.8, 4) is 77.5 Å². The summed E-state index contributed by atoms with van der Waals surface area (Å²) in [5.41, 5.74) is 14.0. The molecule has 78 heavy (non-hydrogen) atoms. The maximum absolute atomic E-state index is 6.78. The SMILES string of the molecule is CCCCCCOc1cc(-c2ccc(-c3nnc(-c4ccc(-c5cc(OCCCCCC)c(-c6ccc(N(c7ccccc7)c7ccc(C)cc7)cc6)cc5OCCCCCC)cc4)s3)cc2)c(OCCCCCC)cc1C. The average Bonchev–Trinajstić information content (AvgIpc) is 3.98. The number of unbranched alkanes of at least 4 members (excludes halogenated alkanes) is 12. The van der Waals surface area contributed by atoms with E-state index in [0.717, 1.165) is 145 Å². The van der Waals surface area contributed by atoms with E-state index in [1.807, 2.05) is 0 Å². The third-order valence-corrected chi connectivity index (χ3v) is 15.5. The standard InChI is InChI=1S/C70H83N3O4S/c1-7-11-15-22-44-74-65-49-62(66(48-53(65)6)75-45-23-16-12-8-2)54-30-34-57(35-31-54)69-71-72-70(78-69)58-36-32-55(33-37-58)63-50-68(77-47-25-18-14-10-4)64(51-67(63)76-46-24-17-13-9-3)56-38-42-61(43-39-56)73(59-26-20-19-21-27-59)60-40-28-52(5)29-41-60/h19-21,26-43,48-51H,7-18,22-25,44-47H2,1-6H3. The Bertz CT molecular complexity index is 3030. The van der Waals surface area contributed by atoms with Gasteiger partial charge in [0.05, 0.1) is 26.4 Å². The fourth-order valence-corrected chi connectivity index (χ4v) is 10.7. The summed E-state index contributed by atoms with van der Waals surface area (Å²) >= 11 is 1.61. The van der Waals surface area contributed by atoms with E-state index in [1.165, 1.54) is 69.8 Å². The molecule has 8 rings (SSSR count). The first-order valence-corrected chi connectivity index (χ1v) is 30.1. The molecule has 0 saturated carbocycles. The van der Waals surface area contributed by atoms with Gasteiger partial charge < -0.3 is 23.8 Å². The molecule has 1 heterocycles. The van der Waals surface area contributed by atoms with Crippen molar-refractivity contribution in [1.82, 2.24) is 10.2 Å². The van der Waals surface area contributed by atoms with Crippen molar-refractivity contribution in [2.24, 2.45) is 0 Å². The van der Waals surface area contributed by atoms with Crippen LogP contribution in [0.15, 0.2) is 152 Å². The Morgan fingerprint density at radius 1 is 0.346 bits per heavy atom. The molecule has 0 amide bonds. The van der Waals surface area contributed by atoms with Crippen LogP contribution < -0.4 is 23.8 Å². The van der Waals surface area contributed by atoms with Crippen LogP contribution in [0.3, 0.4) is 0 Å². The van der Waals surface area contributed by atoms with Gasteiger partial charge in [-0.15, -0.1) is 10.2 Å². The molecule has 1 aromatic heterocycles. The topological polar surface area (TPSA) is 65.9 Å². The zero-order valence-corrected chi connectivity index (χ0v) is 48.3. The molecule has 0 radical (unpaired) electrons. The van der Waals surface area contributed by atoms with Crippen molar-refractivity contribution in [3.63, 3.8) is 0 Å². The number of hydrogen-bond acceptors (Lipinski definition) is 8. The molecular formula is C70H83N3O4S. The van der Waals surface area contributed by atoms with Crippen LogP contribution in [0, 0.1) is 13.8 Å². The van der Waals surface area contributed by atoms with Gasteiger partial charge in [-0.2, -0.15) is 0 Å². The van der Waals surface area contributed by atoms with Crippen LogP contribution in [0.1, 0.15) is 142 Å². The number of benzene rings is 7. The van der Waals surface area contributed by atoms with Crippen molar-refractivity contribution in [3.05, 3.63) is 163 Å². The van der Waals surface area contributed by atoms with Gasteiger partial charge in [0.25, 0.3) is 0 Å². The van der Waals surface area contributed by atoms with Crippen molar-refractivity contribution in [2.45, 2.75) is 144 Å². The summed E-state index contributed by atoms with van der Waals surface area (Å²) in [5, 5.41) is 11.2. The second kappa shape index (κ2) is 30.3. The number of hydrogen-bond donors (Lipinski definition) is 0. The number of ether oxygens (including phenoxy) is 4. The fourth-order valence-electron chi connectivity index (χ4n) is 9.81. The minimum Gasteiger partial charge on any atom is -0.493 e. The molecule has 408 valence electrons. The summed E-state index contributed by atoms with van der Waals surface area (Å²) in [5.74, 6) is 3.53. The Morgan fingerprint density at radius 3 is 1.09 bits per heavy atom. The minimum atomic E-state index is 0.644. The van der Waals surface area contributed by atoms with E-state index in [4.69, 9.17) is 29.1 Å². The van der Waals surface area contributed by atoms with Gasteiger partial charge in [-0.1, -0.05) is 213 Å². The van der Waals surface area contributed by atoms with Crippen LogP contribution in [-0.2, 0) is 0 Å². The molecule has 0 N–H and O–H groups in total. The molecule has 0 fully saturated rings. The van der Waals surface area contributed by atoms with Crippen molar-refractivity contribution < 1.29 is 18.9 Å². The summed E-state index contributed by atoms with van der Waals surface area (Å²) in [6, 6.07) is 54.2. The van der Waals surface area contributed by atoms with Crippen molar-refractivity contribution >= 4 is 28.4 Å². The lowest BCUT2D eigenvalue weighted by molar-refractivity contribution is 0.296. The molecule has 0 aliphatic rings. The molecule has 0 aliphatic carbocycles. The lowest BCUT2D eigenvalue weighted by Gasteiger charge is -2.26. The molecule has 0 aliphatic heterocycles. The first-order chi connectivity index (χ1) is 38.4. The number of rotatable bonds is 32. The molecular weight excluding hydrogens is 979 g/mol. The van der Waals surface area contributed by atoms with E-state index in [9.17, 15) is 0 Å². The van der Waals surface area contributed by atoms with Gasteiger partial charge in [-0.3, -0.25) is 0 Å². The second-order valence-corrected chi connectivity index (χ2v) is 21.7. The average molecular weight is 1060 g/mol. The van der Waals surface area contributed by atoms with Gasteiger partial charge in [0.15, 0.2) is 0 Å². The Balaban J connectivity index is 1.06. The highest BCUT2D eigenvalue weighted by Crippen LogP contribution is 2.44. The Hall–Kier alpha value is -6.90. The zero-order chi connectivity index (χ0) is 54.3.